The molecule has 0 saturated heterocycles. The van der Waals surface area contributed by atoms with Gasteiger partial charge < -0.3 is 19.4 Å². The fourth-order valence-electron chi connectivity index (χ4n) is 3.82. The van der Waals surface area contributed by atoms with Crippen LogP contribution < -0.4 is 20.3 Å². The van der Waals surface area contributed by atoms with Crippen LogP contribution in [0.2, 0.25) is 5.02 Å². The van der Waals surface area contributed by atoms with Crippen molar-refractivity contribution in [2.24, 2.45) is 0 Å². The lowest BCUT2D eigenvalue weighted by atomic mass is 9.97. The minimum atomic E-state index is -0.253. The number of aryl methyl sites for hydroxylation is 3. The molecule has 1 aliphatic rings. The molecule has 1 aromatic carbocycles. The molecular weight excluding hydrogens is 408 g/mol. The number of methoxy groups -OCH3 is 2. The van der Waals surface area contributed by atoms with Crippen LogP contribution >= 0.6 is 11.6 Å². The first-order valence-corrected chi connectivity index (χ1v) is 10.2. The molecule has 3 aromatic rings. The van der Waals surface area contributed by atoms with Gasteiger partial charge in [0.1, 0.15) is 17.0 Å². The summed E-state index contributed by atoms with van der Waals surface area (Å²) in [6, 6.07) is 3.19. The second-order valence-corrected chi connectivity index (χ2v) is 7.61. The van der Waals surface area contributed by atoms with Crippen molar-refractivity contribution in [1.29, 1.82) is 0 Å². The van der Waals surface area contributed by atoms with E-state index in [1.165, 1.54) is 14.2 Å². The van der Waals surface area contributed by atoms with Crippen molar-refractivity contribution in [3.05, 3.63) is 51.2 Å². The largest absolute Gasteiger partial charge is 0.495 e. The monoisotopic (exact) mass is 430 g/mol. The van der Waals surface area contributed by atoms with Crippen LogP contribution in [0, 0.1) is 0 Å². The summed E-state index contributed by atoms with van der Waals surface area (Å²) in [4.78, 5) is 25.5. The molecule has 8 nitrogen and oxygen atoms in total. The smallest absolute Gasteiger partial charge is 0.276 e. The van der Waals surface area contributed by atoms with Crippen molar-refractivity contribution in [3.63, 3.8) is 0 Å². The number of rotatable bonds is 6. The van der Waals surface area contributed by atoms with Crippen molar-refractivity contribution in [3.8, 4) is 11.5 Å². The lowest BCUT2D eigenvalue weighted by molar-refractivity contribution is -0.116. The number of nitrogens with one attached hydrogen (secondary N) is 1. The summed E-state index contributed by atoms with van der Waals surface area (Å²) in [6.07, 6.45) is 7.52. The average molecular weight is 431 g/mol. The zero-order valence-corrected chi connectivity index (χ0v) is 17.7. The number of halogens is 1. The first-order chi connectivity index (χ1) is 14.5. The molecule has 0 atom stereocenters. The highest BCUT2D eigenvalue weighted by Gasteiger charge is 2.20. The van der Waals surface area contributed by atoms with Gasteiger partial charge in [-0.25, -0.2) is 4.52 Å². The highest BCUT2D eigenvalue weighted by Crippen LogP contribution is 2.35. The molecule has 0 saturated carbocycles. The molecule has 0 aliphatic heterocycles. The number of anilines is 1. The van der Waals surface area contributed by atoms with Gasteiger partial charge in [0.2, 0.25) is 5.91 Å². The number of hydrogen-bond donors (Lipinski definition) is 1. The number of carbonyl (C=O) groups excluding carboxylic acids is 1. The fourth-order valence-corrected chi connectivity index (χ4v) is 4.06. The summed E-state index contributed by atoms with van der Waals surface area (Å²) in [7, 11) is 3.00. The molecular formula is C21H23ClN4O4. The fraction of sp³-hybridized carbons (Fsp3) is 0.381. The van der Waals surface area contributed by atoms with Gasteiger partial charge in [0.25, 0.3) is 5.56 Å². The minimum absolute atomic E-state index is 0.119. The Morgan fingerprint density at radius 1 is 1.17 bits per heavy atom. The van der Waals surface area contributed by atoms with Gasteiger partial charge in [0.15, 0.2) is 0 Å². The summed E-state index contributed by atoms with van der Waals surface area (Å²) >= 11 is 6.15. The van der Waals surface area contributed by atoms with Crippen LogP contribution in [-0.4, -0.2) is 34.3 Å². The Balaban J connectivity index is 1.51. The number of ether oxygens (including phenoxy) is 2. The highest BCUT2D eigenvalue weighted by atomic mass is 35.5. The summed E-state index contributed by atoms with van der Waals surface area (Å²) in [5.41, 5.74) is 3.00. The normalized spacial score (nSPS) is 13.2. The van der Waals surface area contributed by atoms with E-state index in [2.05, 4.69) is 10.4 Å². The van der Waals surface area contributed by atoms with Crippen LogP contribution in [0.5, 0.6) is 11.5 Å². The molecule has 2 aromatic heterocycles. The summed E-state index contributed by atoms with van der Waals surface area (Å²) in [5, 5.41) is 7.69. The van der Waals surface area contributed by atoms with E-state index < -0.39 is 0 Å². The van der Waals surface area contributed by atoms with Crippen LogP contribution in [0.25, 0.3) is 5.52 Å². The van der Waals surface area contributed by atoms with Crippen molar-refractivity contribution in [1.82, 2.24) is 14.2 Å². The van der Waals surface area contributed by atoms with Crippen molar-refractivity contribution >= 4 is 28.7 Å². The van der Waals surface area contributed by atoms with Crippen LogP contribution in [0.3, 0.4) is 0 Å². The summed E-state index contributed by atoms with van der Waals surface area (Å²) in [6.45, 7) is 0.257. The zero-order valence-electron chi connectivity index (χ0n) is 16.9. The van der Waals surface area contributed by atoms with Gasteiger partial charge >= 0.3 is 0 Å². The van der Waals surface area contributed by atoms with E-state index in [4.69, 9.17) is 21.1 Å². The Labute approximate surface area is 178 Å². The SMILES string of the molecule is COc1cc(OC)c(NC(=O)CCn2ccn3nc4c(c3c2=O)CCCC4)cc1Cl. The lowest BCUT2D eigenvalue weighted by Gasteiger charge is -2.13. The van der Waals surface area contributed by atoms with Gasteiger partial charge in [-0.05, 0) is 31.7 Å². The van der Waals surface area contributed by atoms with Gasteiger partial charge in [-0.2, -0.15) is 5.10 Å². The Hall–Kier alpha value is -3.00. The number of aromatic nitrogens is 3. The molecule has 0 unspecified atom stereocenters. The van der Waals surface area contributed by atoms with Gasteiger partial charge in [0.05, 0.1) is 30.6 Å². The molecule has 4 rings (SSSR count). The summed E-state index contributed by atoms with van der Waals surface area (Å²) < 4.78 is 13.7. The van der Waals surface area contributed by atoms with E-state index in [9.17, 15) is 9.59 Å². The van der Waals surface area contributed by atoms with E-state index in [1.807, 2.05) is 0 Å². The quantitative estimate of drug-likeness (QED) is 0.649. The number of carbonyl (C=O) groups is 1. The van der Waals surface area contributed by atoms with Crippen LogP contribution in [-0.2, 0) is 24.2 Å². The minimum Gasteiger partial charge on any atom is -0.495 e. The third-order valence-electron chi connectivity index (χ3n) is 5.36. The number of fused-ring (bicyclic) bond motifs is 3. The second-order valence-electron chi connectivity index (χ2n) is 7.21. The van der Waals surface area contributed by atoms with E-state index in [0.717, 1.165) is 36.9 Å². The Kier molecular flexibility index (Phi) is 5.67. The van der Waals surface area contributed by atoms with Gasteiger partial charge in [-0.15, -0.1) is 0 Å². The maximum Gasteiger partial charge on any atom is 0.276 e. The van der Waals surface area contributed by atoms with Crippen molar-refractivity contribution in [2.75, 3.05) is 19.5 Å². The molecule has 1 N–H and O–H groups in total. The molecule has 0 fully saturated rings. The molecule has 158 valence electrons. The highest BCUT2D eigenvalue weighted by molar-refractivity contribution is 6.32. The molecule has 1 aliphatic carbocycles. The van der Waals surface area contributed by atoms with Crippen molar-refractivity contribution < 1.29 is 14.3 Å². The number of nitrogens with zero attached hydrogens (tertiary/aromatic N) is 3. The standard InChI is InChI=1S/C21H23ClN4O4/c1-29-17-12-18(30-2)16(11-14(17)22)23-19(27)7-8-25-9-10-26-20(21(25)28)13-5-3-4-6-15(13)24-26/h9-12H,3-8H2,1-2H3,(H,23,27). The number of amides is 1. The maximum absolute atomic E-state index is 13.0. The van der Waals surface area contributed by atoms with Crippen molar-refractivity contribution in [2.45, 2.75) is 38.6 Å². The first-order valence-electron chi connectivity index (χ1n) is 9.82. The van der Waals surface area contributed by atoms with Crippen LogP contribution in [0.15, 0.2) is 29.3 Å². The van der Waals surface area contributed by atoms with Gasteiger partial charge in [0, 0.05) is 37.0 Å². The van der Waals surface area contributed by atoms with E-state index in [-0.39, 0.29) is 24.4 Å². The Morgan fingerprint density at radius 2 is 1.93 bits per heavy atom. The van der Waals surface area contributed by atoms with Gasteiger partial charge in [-0.3, -0.25) is 9.59 Å². The third-order valence-corrected chi connectivity index (χ3v) is 5.66. The maximum atomic E-state index is 13.0. The second kappa shape index (κ2) is 8.39. The van der Waals surface area contributed by atoms with Crippen LogP contribution in [0.4, 0.5) is 5.69 Å². The molecule has 1 amide bonds. The molecule has 9 heteroatoms. The first kappa shape index (κ1) is 20.3. The predicted molar refractivity (Wildman–Crippen MR) is 114 cm³/mol. The van der Waals surface area contributed by atoms with E-state index in [0.29, 0.717) is 27.7 Å². The molecule has 0 spiro atoms. The lowest BCUT2D eigenvalue weighted by Crippen LogP contribution is -2.25. The number of hydrogen-bond acceptors (Lipinski definition) is 5. The Morgan fingerprint density at radius 3 is 2.70 bits per heavy atom. The predicted octanol–water partition coefficient (Wildman–Crippen LogP) is 3.07. The molecule has 30 heavy (non-hydrogen) atoms. The van der Waals surface area contributed by atoms with E-state index >= 15 is 0 Å². The molecule has 0 bridgehead atoms. The molecule has 2 heterocycles. The summed E-state index contributed by atoms with van der Waals surface area (Å²) in [5.74, 6) is 0.640. The van der Waals surface area contributed by atoms with Crippen LogP contribution in [0.1, 0.15) is 30.5 Å². The topological polar surface area (TPSA) is 86.9 Å². The average Bonchev–Trinajstić information content (AvgIpc) is 3.13. The number of benzene rings is 1. The third kappa shape index (κ3) is 3.75. The van der Waals surface area contributed by atoms with E-state index in [1.54, 1.807) is 33.6 Å². The van der Waals surface area contributed by atoms with Gasteiger partial charge in [-0.1, -0.05) is 11.6 Å². The zero-order chi connectivity index (χ0) is 21.3. The molecule has 0 radical (unpaired) electrons. The Bertz CT molecular complexity index is 1170.